The summed E-state index contributed by atoms with van der Waals surface area (Å²) >= 11 is 0. The number of hydrogen-bond acceptors (Lipinski definition) is 5. The van der Waals surface area contributed by atoms with Crippen LogP contribution in [0.1, 0.15) is 31.7 Å². The average molecular weight is 333 g/mol. The molecule has 0 bridgehead atoms. The first-order valence-electron chi connectivity index (χ1n) is 8.15. The third kappa shape index (κ3) is 4.34. The molecule has 1 heterocycles. The molecule has 1 aliphatic rings. The number of esters is 2. The number of amides is 1. The van der Waals surface area contributed by atoms with Crippen molar-refractivity contribution in [2.45, 2.75) is 44.7 Å². The first-order chi connectivity index (χ1) is 11.6. The van der Waals surface area contributed by atoms with Crippen molar-refractivity contribution >= 4 is 17.8 Å². The highest BCUT2D eigenvalue weighted by atomic mass is 16.5. The lowest BCUT2D eigenvalue weighted by atomic mass is 10.0. The summed E-state index contributed by atoms with van der Waals surface area (Å²) in [6.07, 6.45) is 1.24. The molecule has 1 saturated heterocycles. The lowest BCUT2D eigenvalue weighted by Gasteiger charge is -2.31. The SMILES string of the molecule is CCOC(=O)CC(Cc1ccccc1)N1C(=O)CCC1C(=O)OC. The zero-order valence-electron chi connectivity index (χ0n) is 14.1. The number of carbonyl (C=O) groups is 3. The second kappa shape index (κ2) is 8.47. The van der Waals surface area contributed by atoms with Crippen LogP contribution in [0.25, 0.3) is 0 Å². The molecule has 2 unspecified atom stereocenters. The minimum Gasteiger partial charge on any atom is -0.467 e. The number of likely N-dealkylation sites (tertiary alicyclic amines) is 1. The Hall–Kier alpha value is -2.37. The van der Waals surface area contributed by atoms with Crippen LogP contribution in [-0.2, 0) is 30.3 Å². The van der Waals surface area contributed by atoms with Gasteiger partial charge in [0, 0.05) is 12.5 Å². The number of hydrogen-bond donors (Lipinski definition) is 0. The molecule has 1 aromatic rings. The lowest BCUT2D eigenvalue weighted by molar-refractivity contribution is -0.153. The van der Waals surface area contributed by atoms with E-state index in [0.717, 1.165) is 5.56 Å². The van der Waals surface area contributed by atoms with Gasteiger partial charge in [-0.15, -0.1) is 0 Å². The van der Waals surface area contributed by atoms with E-state index in [1.54, 1.807) is 6.92 Å². The van der Waals surface area contributed by atoms with Gasteiger partial charge in [0.1, 0.15) is 6.04 Å². The topological polar surface area (TPSA) is 72.9 Å². The molecule has 24 heavy (non-hydrogen) atoms. The first-order valence-corrected chi connectivity index (χ1v) is 8.15. The predicted molar refractivity (Wildman–Crippen MR) is 87.1 cm³/mol. The summed E-state index contributed by atoms with van der Waals surface area (Å²) in [5, 5.41) is 0. The van der Waals surface area contributed by atoms with Crippen LogP contribution in [0.3, 0.4) is 0 Å². The molecule has 1 amide bonds. The summed E-state index contributed by atoms with van der Waals surface area (Å²) in [5.74, 6) is -0.944. The van der Waals surface area contributed by atoms with Crippen LogP contribution < -0.4 is 0 Å². The molecule has 2 rings (SSSR count). The molecular formula is C18H23NO5. The van der Waals surface area contributed by atoms with Crippen LogP contribution in [0.5, 0.6) is 0 Å². The Morgan fingerprint density at radius 2 is 2.00 bits per heavy atom. The largest absolute Gasteiger partial charge is 0.467 e. The molecule has 1 aliphatic heterocycles. The van der Waals surface area contributed by atoms with Crippen molar-refractivity contribution in [3.05, 3.63) is 35.9 Å². The van der Waals surface area contributed by atoms with Gasteiger partial charge >= 0.3 is 11.9 Å². The molecule has 1 aromatic carbocycles. The summed E-state index contributed by atoms with van der Waals surface area (Å²) in [7, 11) is 1.31. The molecule has 0 spiro atoms. The zero-order chi connectivity index (χ0) is 17.5. The van der Waals surface area contributed by atoms with E-state index in [-0.39, 0.29) is 31.3 Å². The van der Waals surface area contributed by atoms with E-state index in [9.17, 15) is 14.4 Å². The van der Waals surface area contributed by atoms with Gasteiger partial charge in [-0.3, -0.25) is 9.59 Å². The van der Waals surface area contributed by atoms with Gasteiger partial charge in [0.2, 0.25) is 5.91 Å². The first kappa shape index (κ1) is 18.0. The van der Waals surface area contributed by atoms with Crippen LogP contribution in [-0.4, -0.2) is 48.5 Å². The van der Waals surface area contributed by atoms with Gasteiger partial charge in [-0.25, -0.2) is 4.79 Å². The summed E-state index contributed by atoms with van der Waals surface area (Å²) in [4.78, 5) is 37.8. The Bertz CT molecular complexity index is 586. The smallest absolute Gasteiger partial charge is 0.328 e. The van der Waals surface area contributed by atoms with Crippen molar-refractivity contribution in [1.82, 2.24) is 4.90 Å². The highest BCUT2D eigenvalue weighted by Crippen LogP contribution is 2.26. The quantitative estimate of drug-likeness (QED) is 0.710. The van der Waals surface area contributed by atoms with Crippen LogP contribution >= 0.6 is 0 Å². The maximum atomic E-state index is 12.3. The fourth-order valence-electron chi connectivity index (χ4n) is 3.10. The van der Waals surface area contributed by atoms with Crippen LogP contribution in [0.4, 0.5) is 0 Å². The Labute approximate surface area is 141 Å². The minimum atomic E-state index is -0.634. The molecule has 2 atom stereocenters. The average Bonchev–Trinajstić information content (AvgIpc) is 2.96. The number of ether oxygens (including phenoxy) is 2. The van der Waals surface area contributed by atoms with E-state index in [1.807, 2.05) is 30.3 Å². The Balaban J connectivity index is 2.23. The molecule has 0 aliphatic carbocycles. The van der Waals surface area contributed by atoms with E-state index in [4.69, 9.17) is 9.47 Å². The zero-order valence-corrected chi connectivity index (χ0v) is 14.1. The molecule has 0 radical (unpaired) electrons. The van der Waals surface area contributed by atoms with E-state index in [1.165, 1.54) is 12.0 Å². The third-order valence-corrected chi connectivity index (χ3v) is 4.14. The van der Waals surface area contributed by atoms with Gasteiger partial charge in [0.05, 0.1) is 20.1 Å². The monoisotopic (exact) mass is 333 g/mol. The summed E-state index contributed by atoms with van der Waals surface area (Å²) in [6, 6.07) is 8.52. The Morgan fingerprint density at radius 3 is 2.62 bits per heavy atom. The number of nitrogens with zero attached hydrogens (tertiary/aromatic N) is 1. The van der Waals surface area contributed by atoms with Crippen molar-refractivity contribution in [3.63, 3.8) is 0 Å². The van der Waals surface area contributed by atoms with Crippen LogP contribution in [0.2, 0.25) is 0 Å². The molecule has 0 aromatic heterocycles. The van der Waals surface area contributed by atoms with Gasteiger partial charge in [-0.1, -0.05) is 30.3 Å². The van der Waals surface area contributed by atoms with Crippen molar-refractivity contribution in [2.75, 3.05) is 13.7 Å². The number of benzene rings is 1. The maximum Gasteiger partial charge on any atom is 0.328 e. The van der Waals surface area contributed by atoms with Gasteiger partial charge in [0.15, 0.2) is 0 Å². The number of methoxy groups -OCH3 is 1. The van der Waals surface area contributed by atoms with E-state index >= 15 is 0 Å². The van der Waals surface area contributed by atoms with Gasteiger partial charge in [-0.2, -0.15) is 0 Å². The molecule has 130 valence electrons. The van der Waals surface area contributed by atoms with E-state index in [0.29, 0.717) is 12.8 Å². The Kier molecular flexibility index (Phi) is 6.35. The summed E-state index contributed by atoms with van der Waals surface area (Å²) < 4.78 is 9.85. The number of carbonyl (C=O) groups excluding carboxylic acids is 3. The van der Waals surface area contributed by atoms with Crippen molar-refractivity contribution < 1.29 is 23.9 Å². The second-order valence-electron chi connectivity index (χ2n) is 5.73. The minimum absolute atomic E-state index is 0.0575. The van der Waals surface area contributed by atoms with E-state index < -0.39 is 18.1 Å². The standard InChI is InChI=1S/C18H23NO5/c1-3-24-17(21)12-14(11-13-7-5-4-6-8-13)19-15(18(22)23-2)9-10-16(19)20/h4-8,14-15H,3,9-12H2,1-2H3. The van der Waals surface area contributed by atoms with Crippen LogP contribution in [0, 0.1) is 0 Å². The molecule has 6 nitrogen and oxygen atoms in total. The predicted octanol–water partition coefficient (Wildman–Crippen LogP) is 1.71. The number of rotatable bonds is 7. The van der Waals surface area contributed by atoms with Crippen LogP contribution in [0.15, 0.2) is 30.3 Å². The van der Waals surface area contributed by atoms with Gasteiger partial charge in [0.25, 0.3) is 0 Å². The summed E-state index contributed by atoms with van der Waals surface area (Å²) in [5.41, 5.74) is 0.995. The molecule has 6 heteroatoms. The fourth-order valence-corrected chi connectivity index (χ4v) is 3.10. The third-order valence-electron chi connectivity index (χ3n) is 4.14. The fraction of sp³-hybridized carbons (Fsp3) is 0.500. The van der Waals surface area contributed by atoms with Gasteiger partial charge in [-0.05, 0) is 25.3 Å². The molecule has 0 N–H and O–H groups in total. The highest BCUT2D eigenvalue weighted by Gasteiger charge is 2.41. The van der Waals surface area contributed by atoms with Gasteiger partial charge < -0.3 is 14.4 Å². The summed E-state index contributed by atoms with van der Waals surface area (Å²) in [6.45, 7) is 2.02. The second-order valence-corrected chi connectivity index (χ2v) is 5.73. The normalized spacial score (nSPS) is 18.3. The van der Waals surface area contributed by atoms with Crippen molar-refractivity contribution in [1.29, 1.82) is 0 Å². The molecule has 0 saturated carbocycles. The molecular weight excluding hydrogens is 310 g/mol. The molecule has 1 fully saturated rings. The van der Waals surface area contributed by atoms with E-state index in [2.05, 4.69) is 0 Å². The lowest BCUT2D eigenvalue weighted by Crippen LogP contribution is -2.48. The Morgan fingerprint density at radius 1 is 1.29 bits per heavy atom. The maximum absolute atomic E-state index is 12.3. The van der Waals surface area contributed by atoms with Crippen molar-refractivity contribution in [2.24, 2.45) is 0 Å². The van der Waals surface area contributed by atoms with Crippen molar-refractivity contribution in [3.8, 4) is 0 Å². The highest BCUT2D eigenvalue weighted by molar-refractivity contribution is 5.89.